The van der Waals surface area contributed by atoms with Gasteiger partial charge in [0.1, 0.15) is 5.02 Å². The van der Waals surface area contributed by atoms with E-state index in [0.717, 1.165) is 0 Å². The molecule has 0 bridgehead atoms. The number of amides is 1. The van der Waals surface area contributed by atoms with Gasteiger partial charge in [0, 0.05) is 12.1 Å². The van der Waals surface area contributed by atoms with Gasteiger partial charge in [0.2, 0.25) is 5.91 Å². The largest absolute Gasteiger partial charge is 0.465 e. The molecule has 0 aliphatic rings. The molecule has 25 heavy (non-hydrogen) atoms. The number of halogens is 1. The van der Waals surface area contributed by atoms with E-state index in [9.17, 15) is 19.7 Å². The summed E-state index contributed by atoms with van der Waals surface area (Å²) in [5.41, 5.74) is 0.702. The van der Waals surface area contributed by atoms with Gasteiger partial charge in [-0.25, -0.2) is 4.79 Å². The maximum atomic E-state index is 12.0. The lowest BCUT2D eigenvalue weighted by Crippen LogP contribution is -2.12. The molecular weight excluding hydrogens is 348 g/mol. The number of carbonyl (C=O) groups excluding carboxylic acids is 2. The molecule has 2 rings (SSSR count). The van der Waals surface area contributed by atoms with Crippen LogP contribution in [-0.4, -0.2) is 23.9 Å². The summed E-state index contributed by atoms with van der Waals surface area (Å²) >= 11 is 5.73. The highest BCUT2D eigenvalue weighted by molar-refractivity contribution is 6.32. The molecule has 1 N–H and O–H groups in total. The fraction of sp³-hybridized carbons (Fsp3) is 0.0588. The fourth-order valence-corrected chi connectivity index (χ4v) is 2.19. The Bertz CT molecular complexity index is 864. The third-order valence-electron chi connectivity index (χ3n) is 3.18. The highest BCUT2D eigenvalue weighted by Crippen LogP contribution is 2.25. The van der Waals surface area contributed by atoms with Gasteiger partial charge in [0.25, 0.3) is 5.69 Å². The van der Waals surface area contributed by atoms with Crippen LogP contribution >= 0.6 is 11.6 Å². The van der Waals surface area contributed by atoms with Crippen molar-refractivity contribution in [3.05, 3.63) is 74.8 Å². The Morgan fingerprint density at radius 2 is 1.96 bits per heavy atom. The lowest BCUT2D eigenvalue weighted by Gasteiger charge is -2.07. The monoisotopic (exact) mass is 360 g/mol. The van der Waals surface area contributed by atoms with Crippen LogP contribution in [0.15, 0.2) is 48.5 Å². The van der Waals surface area contributed by atoms with E-state index < -0.39 is 16.8 Å². The number of nitrogens with zero attached hydrogens (tertiary/aromatic N) is 1. The van der Waals surface area contributed by atoms with Crippen LogP contribution in [0.25, 0.3) is 6.08 Å². The number of hydrogen-bond acceptors (Lipinski definition) is 5. The molecule has 0 fully saturated rings. The summed E-state index contributed by atoms with van der Waals surface area (Å²) in [6, 6.07) is 10.6. The van der Waals surface area contributed by atoms with E-state index in [1.54, 1.807) is 24.3 Å². The van der Waals surface area contributed by atoms with Crippen LogP contribution in [0.5, 0.6) is 0 Å². The molecular formula is C17H13ClN2O5. The second kappa shape index (κ2) is 8.07. The van der Waals surface area contributed by atoms with Gasteiger partial charge in [-0.2, -0.15) is 0 Å². The number of para-hydroxylation sites is 1. The minimum absolute atomic E-state index is 0.0126. The Hall–Kier alpha value is -3.19. The van der Waals surface area contributed by atoms with Crippen LogP contribution < -0.4 is 5.32 Å². The third kappa shape index (κ3) is 4.65. The predicted molar refractivity (Wildman–Crippen MR) is 93.6 cm³/mol. The maximum Gasteiger partial charge on any atom is 0.339 e. The summed E-state index contributed by atoms with van der Waals surface area (Å²) in [7, 11) is 1.24. The van der Waals surface area contributed by atoms with Crippen molar-refractivity contribution in [2.45, 2.75) is 0 Å². The van der Waals surface area contributed by atoms with Crippen molar-refractivity contribution in [1.29, 1.82) is 0 Å². The Morgan fingerprint density at radius 1 is 1.24 bits per heavy atom. The van der Waals surface area contributed by atoms with Gasteiger partial charge in [-0.15, -0.1) is 0 Å². The smallest absolute Gasteiger partial charge is 0.339 e. The first-order valence-corrected chi connectivity index (χ1v) is 7.40. The minimum Gasteiger partial charge on any atom is -0.465 e. The predicted octanol–water partition coefficient (Wildman–Crippen LogP) is 3.69. The van der Waals surface area contributed by atoms with E-state index in [1.807, 2.05) is 0 Å². The summed E-state index contributed by atoms with van der Waals surface area (Å²) in [6.07, 6.45) is 2.60. The zero-order valence-corrected chi connectivity index (χ0v) is 13.8. The van der Waals surface area contributed by atoms with Crippen molar-refractivity contribution in [3.8, 4) is 0 Å². The summed E-state index contributed by atoms with van der Waals surface area (Å²) in [4.78, 5) is 33.9. The van der Waals surface area contributed by atoms with Crippen LogP contribution in [-0.2, 0) is 9.53 Å². The first-order chi connectivity index (χ1) is 11.9. The minimum atomic E-state index is -0.605. The molecule has 0 saturated heterocycles. The number of anilines is 1. The summed E-state index contributed by atoms with van der Waals surface area (Å²) < 4.78 is 4.65. The number of esters is 1. The molecule has 0 saturated carbocycles. The summed E-state index contributed by atoms with van der Waals surface area (Å²) in [5.74, 6) is -1.08. The maximum absolute atomic E-state index is 12.0. The highest BCUT2D eigenvalue weighted by atomic mass is 35.5. The molecule has 0 heterocycles. The molecule has 1 amide bonds. The second-order valence-corrected chi connectivity index (χ2v) is 5.23. The standard InChI is InChI=1S/C17H13ClN2O5/c1-25-17(22)12-4-2-3-5-14(12)19-16(21)9-7-11-6-8-13(18)15(10-11)20(23)24/h2-10H,1H3,(H,19,21)/b9-7+. The molecule has 8 heteroatoms. The third-order valence-corrected chi connectivity index (χ3v) is 3.50. The molecule has 0 atom stereocenters. The van der Waals surface area contributed by atoms with Crippen LogP contribution in [0.3, 0.4) is 0 Å². The van der Waals surface area contributed by atoms with Crippen molar-refractivity contribution >= 4 is 40.9 Å². The molecule has 2 aromatic carbocycles. The van der Waals surface area contributed by atoms with E-state index in [0.29, 0.717) is 11.3 Å². The fourth-order valence-electron chi connectivity index (χ4n) is 2.00. The van der Waals surface area contributed by atoms with Gasteiger partial charge >= 0.3 is 5.97 Å². The molecule has 0 aromatic heterocycles. The van der Waals surface area contributed by atoms with E-state index in [-0.39, 0.29) is 16.3 Å². The quantitative estimate of drug-likeness (QED) is 0.379. The van der Waals surface area contributed by atoms with Crippen molar-refractivity contribution in [1.82, 2.24) is 0 Å². The average molecular weight is 361 g/mol. The molecule has 0 radical (unpaired) electrons. The van der Waals surface area contributed by atoms with E-state index in [2.05, 4.69) is 10.1 Å². The number of rotatable bonds is 5. The van der Waals surface area contributed by atoms with Crippen LogP contribution in [0.1, 0.15) is 15.9 Å². The number of nitro benzene ring substituents is 1. The van der Waals surface area contributed by atoms with Crippen molar-refractivity contribution in [3.63, 3.8) is 0 Å². The Labute approximate surface area is 148 Å². The normalized spacial score (nSPS) is 10.5. The van der Waals surface area contributed by atoms with Crippen LogP contribution in [0.2, 0.25) is 5.02 Å². The zero-order chi connectivity index (χ0) is 18.4. The van der Waals surface area contributed by atoms with Gasteiger partial charge in [-0.05, 0) is 29.8 Å². The molecule has 0 unspecified atom stereocenters. The number of benzene rings is 2. The van der Waals surface area contributed by atoms with Crippen LogP contribution in [0.4, 0.5) is 11.4 Å². The zero-order valence-electron chi connectivity index (χ0n) is 13.1. The lowest BCUT2D eigenvalue weighted by atomic mass is 10.1. The Balaban J connectivity index is 2.16. The molecule has 0 aliphatic carbocycles. The molecule has 2 aromatic rings. The molecule has 128 valence electrons. The van der Waals surface area contributed by atoms with Crippen molar-refractivity contribution in [2.75, 3.05) is 12.4 Å². The second-order valence-electron chi connectivity index (χ2n) is 4.83. The summed E-state index contributed by atoms with van der Waals surface area (Å²) in [5, 5.41) is 13.4. The van der Waals surface area contributed by atoms with Gasteiger partial charge in [-0.3, -0.25) is 14.9 Å². The topological polar surface area (TPSA) is 98.5 Å². The number of nitro groups is 1. The number of carbonyl (C=O) groups is 2. The van der Waals surface area contributed by atoms with E-state index >= 15 is 0 Å². The number of ether oxygens (including phenoxy) is 1. The first-order valence-electron chi connectivity index (χ1n) is 7.02. The number of methoxy groups -OCH3 is 1. The molecule has 0 spiro atoms. The first kappa shape index (κ1) is 18.2. The molecule has 7 nitrogen and oxygen atoms in total. The van der Waals surface area contributed by atoms with E-state index in [4.69, 9.17) is 11.6 Å². The summed E-state index contributed by atoms with van der Waals surface area (Å²) in [6.45, 7) is 0. The van der Waals surface area contributed by atoms with Crippen molar-refractivity contribution < 1.29 is 19.2 Å². The average Bonchev–Trinajstić information content (AvgIpc) is 2.60. The highest BCUT2D eigenvalue weighted by Gasteiger charge is 2.13. The SMILES string of the molecule is COC(=O)c1ccccc1NC(=O)/C=C/c1ccc(Cl)c([N+](=O)[O-])c1. The van der Waals surface area contributed by atoms with Gasteiger partial charge in [0.15, 0.2) is 0 Å². The number of nitrogens with one attached hydrogen (secondary N) is 1. The van der Waals surface area contributed by atoms with Gasteiger partial charge in [0.05, 0.1) is 23.3 Å². The van der Waals surface area contributed by atoms with Gasteiger partial charge < -0.3 is 10.1 Å². The lowest BCUT2D eigenvalue weighted by molar-refractivity contribution is -0.384. The van der Waals surface area contributed by atoms with E-state index in [1.165, 1.54) is 37.5 Å². The van der Waals surface area contributed by atoms with Gasteiger partial charge in [-0.1, -0.05) is 29.8 Å². The van der Waals surface area contributed by atoms with Crippen molar-refractivity contribution in [2.24, 2.45) is 0 Å². The number of hydrogen-bond donors (Lipinski definition) is 1. The molecule has 0 aliphatic heterocycles. The van der Waals surface area contributed by atoms with Crippen LogP contribution in [0, 0.1) is 10.1 Å². The Morgan fingerprint density at radius 3 is 2.64 bits per heavy atom. The Kier molecular flexibility index (Phi) is 5.86.